The summed E-state index contributed by atoms with van der Waals surface area (Å²) >= 11 is 0. The van der Waals surface area contributed by atoms with Crippen molar-refractivity contribution in [3.63, 3.8) is 0 Å². The molecule has 2 aliphatic rings. The van der Waals surface area contributed by atoms with E-state index in [0.717, 1.165) is 38.9 Å². The number of nitrogens with zero attached hydrogens (tertiary/aromatic N) is 1. The topological polar surface area (TPSA) is 31.4 Å². The molecule has 0 amide bonds. The molecule has 0 atom stereocenters. The van der Waals surface area contributed by atoms with Crippen molar-refractivity contribution >= 4 is 10.9 Å². The molecular formula is C46H29NO2. The van der Waals surface area contributed by atoms with Crippen LogP contribution in [0, 0.1) is 0 Å². The van der Waals surface area contributed by atoms with E-state index in [1.54, 1.807) is 0 Å². The van der Waals surface area contributed by atoms with Crippen molar-refractivity contribution in [1.82, 2.24) is 4.98 Å². The minimum atomic E-state index is -0.510. The molecular weight excluding hydrogens is 599 g/mol. The third-order valence-corrected chi connectivity index (χ3v) is 10.0. The van der Waals surface area contributed by atoms with Gasteiger partial charge in [-0.05, 0) is 80.9 Å². The Hall–Kier alpha value is -6.45. The summed E-state index contributed by atoms with van der Waals surface area (Å²) in [6, 6.07) is 61.8. The summed E-state index contributed by atoms with van der Waals surface area (Å²) < 4.78 is 13.4. The van der Waals surface area contributed by atoms with Gasteiger partial charge in [0.1, 0.15) is 0 Å². The Labute approximate surface area is 284 Å². The molecule has 0 spiro atoms. The molecule has 8 aromatic rings. The van der Waals surface area contributed by atoms with Gasteiger partial charge in [0.25, 0.3) is 0 Å². The van der Waals surface area contributed by atoms with Crippen molar-refractivity contribution in [2.75, 3.05) is 0 Å². The Morgan fingerprint density at radius 3 is 1.80 bits per heavy atom. The average Bonchev–Trinajstić information content (AvgIpc) is 3.46. The lowest BCUT2D eigenvalue weighted by Crippen LogP contribution is -2.28. The van der Waals surface area contributed by atoms with Crippen molar-refractivity contribution in [2.24, 2.45) is 0 Å². The van der Waals surface area contributed by atoms with Gasteiger partial charge in [-0.1, -0.05) is 140 Å². The average molecular weight is 628 g/mol. The maximum Gasteiger partial charge on any atom is 0.170 e. The fourth-order valence-corrected chi connectivity index (χ4v) is 7.86. The van der Waals surface area contributed by atoms with Crippen LogP contribution in [0.5, 0.6) is 23.0 Å². The van der Waals surface area contributed by atoms with E-state index >= 15 is 0 Å². The molecule has 7 aromatic carbocycles. The molecule has 0 saturated heterocycles. The Bertz CT molecular complexity index is 2500. The maximum atomic E-state index is 6.78. The predicted octanol–water partition coefficient (Wildman–Crippen LogP) is 11.8. The lowest BCUT2D eigenvalue weighted by Gasteiger charge is -2.34. The van der Waals surface area contributed by atoms with E-state index in [4.69, 9.17) is 14.5 Å². The van der Waals surface area contributed by atoms with Crippen LogP contribution in [0.3, 0.4) is 0 Å². The molecule has 0 radical (unpaired) electrons. The quantitative estimate of drug-likeness (QED) is 0.195. The Morgan fingerprint density at radius 2 is 1.02 bits per heavy atom. The molecule has 1 aromatic heterocycles. The normalized spacial score (nSPS) is 13.4. The Kier molecular flexibility index (Phi) is 6.09. The van der Waals surface area contributed by atoms with Gasteiger partial charge in [0.2, 0.25) is 0 Å². The minimum Gasteiger partial charge on any atom is -0.449 e. The van der Waals surface area contributed by atoms with Gasteiger partial charge in [-0.3, -0.25) is 0 Å². The highest BCUT2D eigenvalue weighted by Crippen LogP contribution is 2.59. The van der Waals surface area contributed by atoms with Gasteiger partial charge in [0.05, 0.1) is 16.6 Å². The van der Waals surface area contributed by atoms with E-state index in [-0.39, 0.29) is 0 Å². The summed E-state index contributed by atoms with van der Waals surface area (Å²) in [5, 5.41) is 1.09. The van der Waals surface area contributed by atoms with Crippen LogP contribution >= 0.6 is 0 Å². The van der Waals surface area contributed by atoms with Gasteiger partial charge in [-0.25, -0.2) is 4.98 Å². The van der Waals surface area contributed by atoms with Gasteiger partial charge in [0.15, 0.2) is 23.0 Å². The largest absolute Gasteiger partial charge is 0.449 e. The Balaban J connectivity index is 1.10. The number of hydrogen-bond donors (Lipinski definition) is 0. The minimum absolute atomic E-state index is 0.510. The zero-order valence-corrected chi connectivity index (χ0v) is 26.5. The van der Waals surface area contributed by atoms with Crippen LogP contribution in [0.1, 0.15) is 22.3 Å². The summed E-state index contributed by atoms with van der Waals surface area (Å²) in [6.07, 6.45) is 0. The molecule has 0 N–H and O–H groups in total. The van der Waals surface area contributed by atoms with Crippen LogP contribution in [0.15, 0.2) is 176 Å². The maximum absolute atomic E-state index is 6.78. The summed E-state index contributed by atoms with van der Waals surface area (Å²) in [5.41, 5.74) is 11.9. The lowest BCUT2D eigenvalue weighted by atomic mass is 9.67. The first-order chi connectivity index (χ1) is 24.3. The van der Waals surface area contributed by atoms with E-state index in [1.807, 2.05) is 24.3 Å². The summed E-state index contributed by atoms with van der Waals surface area (Å²) in [5.74, 6) is 2.81. The van der Waals surface area contributed by atoms with E-state index in [0.29, 0.717) is 23.0 Å². The van der Waals surface area contributed by atoms with Crippen LogP contribution in [0.25, 0.3) is 44.4 Å². The lowest BCUT2D eigenvalue weighted by molar-refractivity contribution is 0.359. The van der Waals surface area contributed by atoms with Crippen molar-refractivity contribution < 1.29 is 9.47 Å². The van der Waals surface area contributed by atoms with Gasteiger partial charge < -0.3 is 9.47 Å². The van der Waals surface area contributed by atoms with E-state index in [1.165, 1.54) is 27.8 Å². The molecule has 230 valence electrons. The number of pyridine rings is 1. The third-order valence-electron chi connectivity index (χ3n) is 10.0. The number of rotatable bonds is 4. The molecule has 49 heavy (non-hydrogen) atoms. The standard InChI is InChI=1S/C46H29NO2/c1-4-13-30(14-5-1)40-25-24-36-34(20-12-22-41(36)47-40)31-23-26-42-43(27-31)49-45-29-39-37(28-44(45)48-42)35-19-10-11-21-38(35)46(39,32-15-6-2-7-16-32)33-17-8-3-9-18-33/h1-29H. The molecule has 0 bridgehead atoms. The second-order valence-corrected chi connectivity index (χ2v) is 12.7. The molecule has 2 heterocycles. The van der Waals surface area contributed by atoms with Gasteiger partial charge in [0, 0.05) is 10.9 Å². The first-order valence-corrected chi connectivity index (χ1v) is 16.6. The predicted molar refractivity (Wildman–Crippen MR) is 197 cm³/mol. The van der Waals surface area contributed by atoms with E-state index in [2.05, 4.69) is 152 Å². The molecule has 3 heteroatoms. The highest BCUT2D eigenvalue weighted by atomic mass is 16.6. The van der Waals surface area contributed by atoms with Crippen molar-refractivity contribution in [1.29, 1.82) is 0 Å². The smallest absolute Gasteiger partial charge is 0.170 e. The number of aromatic nitrogens is 1. The molecule has 0 saturated carbocycles. The molecule has 1 aliphatic carbocycles. The summed E-state index contributed by atoms with van der Waals surface area (Å²) in [6.45, 7) is 0. The van der Waals surface area contributed by atoms with Crippen LogP contribution < -0.4 is 9.47 Å². The van der Waals surface area contributed by atoms with Crippen LogP contribution in [0.4, 0.5) is 0 Å². The molecule has 1 aliphatic heterocycles. The van der Waals surface area contributed by atoms with Gasteiger partial charge >= 0.3 is 0 Å². The first-order valence-electron chi connectivity index (χ1n) is 16.6. The number of ether oxygens (including phenoxy) is 2. The number of fused-ring (bicyclic) bond motifs is 6. The van der Waals surface area contributed by atoms with E-state index < -0.39 is 5.41 Å². The molecule has 0 fully saturated rings. The van der Waals surface area contributed by atoms with Crippen molar-refractivity contribution in [2.45, 2.75) is 5.41 Å². The molecule has 0 unspecified atom stereocenters. The highest BCUT2D eigenvalue weighted by molar-refractivity contribution is 5.96. The third kappa shape index (κ3) is 4.19. The second-order valence-electron chi connectivity index (χ2n) is 12.7. The Morgan fingerprint density at radius 1 is 0.388 bits per heavy atom. The van der Waals surface area contributed by atoms with Gasteiger partial charge in [-0.15, -0.1) is 0 Å². The molecule has 3 nitrogen and oxygen atoms in total. The molecule has 10 rings (SSSR count). The fraction of sp³-hybridized carbons (Fsp3) is 0.0217. The van der Waals surface area contributed by atoms with Crippen molar-refractivity contribution in [3.8, 4) is 56.5 Å². The SMILES string of the molecule is c1ccc(-c2ccc3c(-c4ccc5c(c4)Oc4cc6c(cc4O5)-c4ccccc4C6(c4ccccc4)c4ccccc4)cccc3n2)cc1. The van der Waals surface area contributed by atoms with E-state index in [9.17, 15) is 0 Å². The van der Waals surface area contributed by atoms with Crippen LogP contribution in [0.2, 0.25) is 0 Å². The van der Waals surface area contributed by atoms with Crippen LogP contribution in [-0.2, 0) is 5.41 Å². The van der Waals surface area contributed by atoms with Crippen LogP contribution in [-0.4, -0.2) is 4.98 Å². The number of hydrogen-bond acceptors (Lipinski definition) is 3. The zero-order valence-electron chi connectivity index (χ0n) is 26.5. The summed E-state index contributed by atoms with van der Waals surface area (Å²) in [4.78, 5) is 5.01. The number of benzene rings is 7. The fourth-order valence-electron chi connectivity index (χ4n) is 7.86. The van der Waals surface area contributed by atoms with Gasteiger partial charge in [-0.2, -0.15) is 0 Å². The zero-order chi connectivity index (χ0) is 32.4. The monoisotopic (exact) mass is 627 g/mol. The second kappa shape index (κ2) is 10.8. The highest BCUT2D eigenvalue weighted by Gasteiger charge is 2.47. The first kappa shape index (κ1) is 27.6. The summed E-state index contributed by atoms with van der Waals surface area (Å²) in [7, 11) is 0. The van der Waals surface area contributed by atoms with Crippen molar-refractivity contribution in [3.05, 3.63) is 198 Å².